The summed E-state index contributed by atoms with van der Waals surface area (Å²) in [6, 6.07) is 0. The Kier molecular flexibility index (Phi) is 6.06. The maximum Gasteiger partial charge on any atom is 0.242 e. The van der Waals surface area contributed by atoms with Crippen LogP contribution >= 0.6 is 15.9 Å². The Bertz CT molecular complexity index is 117. The highest BCUT2D eigenvalue weighted by Crippen LogP contribution is 2.30. The summed E-state index contributed by atoms with van der Waals surface area (Å²) >= 11 is 3.35. The average molecular weight is 243 g/mol. The minimum absolute atomic E-state index is 0.0486. The molecule has 3 heteroatoms. The van der Waals surface area contributed by atoms with Crippen molar-refractivity contribution in [2.75, 3.05) is 0 Å². The van der Waals surface area contributed by atoms with E-state index in [2.05, 4.69) is 15.9 Å². The molecule has 0 nitrogen and oxygen atoms in total. The molecule has 0 rings (SSSR count). The lowest BCUT2D eigenvalue weighted by molar-refractivity contribution is 0.0668. The molecule has 0 fully saturated rings. The first-order valence-electron chi connectivity index (χ1n) is 4.46. The Balaban J connectivity index is 4.10. The van der Waals surface area contributed by atoms with Crippen molar-refractivity contribution in [2.24, 2.45) is 11.8 Å². The molecule has 0 amide bonds. The molecule has 0 N–H and O–H groups in total. The van der Waals surface area contributed by atoms with Crippen molar-refractivity contribution in [1.29, 1.82) is 0 Å². The van der Waals surface area contributed by atoms with Crippen LogP contribution in [0.15, 0.2) is 0 Å². The lowest BCUT2D eigenvalue weighted by Gasteiger charge is -2.24. The molecule has 0 heterocycles. The second kappa shape index (κ2) is 5.90. The second-order valence-corrected chi connectivity index (χ2v) is 4.29. The van der Waals surface area contributed by atoms with E-state index in [1.807, 2.05) is 20.8 Å². The number of hydrogen-bond donors (Lipinski definition) is 0. The van der Waals surface area contributed by atoms with Crippen LogP contribution in [0.3, 0.4) is 0 Å². The molecule has 0 saturated carbocycles. The van der Waals surface area contributed by atoms with E-state index in [0.29, 0.717) is 12.3 Å². The molecule has 12 heavy (non-hydrogen) atoms. The van der Waals surface area contributed by atoms with Crippen molar-refractivity contribution in [2.45, 2.75) is 44.9 Å². The molecule has 0 saturated heterocycles. The first-order chi connectivity index (χ1) is 5.54. The van der Waals surface area contributed by atoms with E-state index in [1.165, 1.54) is 0 Å². The van der Waals surface area contributed by atoms with Gasteiger partial charge in [-0.25, -0.2) is 8.78 Å². The molecule has 3 atom stereocenters. The van der Waals surface area contributed by atoms with Crippen molar-refractivity contribution in [3.63, 3.8) is 0 Å². The number of alkyl halides is 3. The van der Waals surface area contributed by atoms with Crippen LogP contribution in [0.2, 0.25) is 0 Å². The Hall–Kier alpha value is 0.340. The van der Waals surface area contributed by atoms with E-state index in [4.69, 9.17) is 0 Å². The van der Waals surface area contributed by atoms with Crippen molar-refractivity contribution < 1.29 is 8.78 Å². The topological polar surface area (TPSA) is 0 Å². The van der Waals surface area contributed by atoms with Crippen molar-refractivity contribution in [3.8, 4) is 0 Å². The van der Waals surface area contributed by atoms with Gasteiger partial charge < -0.3 is 0 Å². The standard InChI is InChI=1S/C9H17BrF2/c1-4-6(3)8(10)7(5-2)9(11)12/h6-9H,4-5H2,1-3H3. The van der Waals surface area contributed by atoms with Crippen LogP contribution in [-0.2, 0) is 0 Å². The normalized spacial score (nSPS) is 19.2. The maximum absolute atomic E-state index is 12.4. The highest BCUT2D eigenvalue weighted by atomic mass is 79.9. The van der Waals surface area contributed by atoms with Gasteiger partial charge in [0.05, 0.1) is 0 Å². The summed E-state index contributed by atoms with van der Waals surface area (Å²) in [6.45, 7) is 5.84. The predicted octanol–water partition coefficient (Wildman–Crippen LogP) is 4.09. The quantitative estimate of drug-likeness (QED) is 0.638. The Labute approximate surface area is 81.9 Å². The van der Waals surface area contributed by atoms with Gasteiger partial charge in [-0.05, 0) is 12.3 Å². The third kappa shape index (κ3) is 3.38. The third-order valence-corrected chi connectivity index (χ3v) is 3.97. The summed E-state index contributed by atoms with van der Waals surface area (Å²) in [5.74, 6) is -0.177. The van der Waals surface area contributed by atoms with Crippen LogP contribution in [0, 0.1) is 11.8 Å². The average Bonchev–Trinajstić information content (AvgIpc) is 2.03. The number of halogens is 3. The summed E-state index contributed by atoms with van der Waals surface area (Å²) in [5, 5.41) is 0. The molecule has 3 unspecified atom stereocenters. The van der Waals surface area contributed by atoms with E-state index in [0.717, 1.165) is 6.42 Å². The van der Waals surface area contributed by atoms with Gasteiger partial charge in [-0.3, -0.25) is 0 Å². The smallest absolute Gasteiger partial charge is 0.210 e. The molecule has 0 aliphatic rings. The fourth-order valence-corrected chi connectivity index (χ4v) is 2.17. The van der Waals surface area contributed by atoms with Crippen LogP contribution in [-0.4, -0.2) is 11.3 Å². The van der Waals surface area contributed by atoms with Gasteiger partial charge >= 0.3 is 0 Å². The molecule has 0 aromatic heterocycles. The first kappa shape index (κ1) is 12.3. The molecule has 0 spiro atoms. The molecule has 0 aliphatic carbocycles. The van der Waals surface area contributed by atoms with Gasteiger partial charge in [-0.2, -0.15) is 0 Å². The molecule has 0 aromatic rings. The van der Waals surface area contributed by atoms with Crippen molar-refractivity contribution >= 4 is 15.9 Å². The first-order valence-corrected chi connectivity index (χ1v) is 5.38. The molecule has 0 aliphatic heterocycles. The molecular weight excluding hydrogens is 226 g/mol. The van der Waals surface area contributed by atoms with Gasteiger partial charge in [-0.1, -0.05) is 43.1 Å². The summed E-state index contributed by atoms with van der Waals surface area (Å²) in [7, 11) is 0. The van der Waals surface area contributed by atoms with Crippen LogP contribution in [0.25, 0.3) is 0 Å². The van der Waals surface area contributed by atoms with Crippen LogP contribution in [0.5, 0.6) is 0 Å². The minimum atomic E-state index is -2.20. The van der Waals surface area contributed by atoms with Gasteiger partial charge in [0.2, 0.25) is 6.43 Å². The van der Waals surface area contributed by atoms with Crippen molar-refractivity contribution in [3.05, 3.63) is 0 Å². The van der Waals surface area contributed by atoms with Gasteiger partial charge in [0.25, 0.3) is 0 Å². The van der Waals surface area contributed by atoms with E-state index in [9.17, 15) is 8.78 Å². The summed E-state index contributed by atoms with van der Waals surface area (Å²) in [4.78, 5) is -0.0486. The van der Waals surface area contributed by atoms with E-state index >= 15 is 0 Å². The SMILES string of the molecule is CCC(C)C(Br)C(CC)C(F)F. The summed E-state index contributed by atoms with van der Waals surface area (Å²) < 4.78 is 24.8. The highest BCUT2D eigenvalue weighted by Gasteiger charge is 2.29. The van der Waals surface area contributed by atoms with E-state index < -0.39 is 12.3 Å². The zero-order chi connectivity index (χ0) is 9.72. The van der Waals surface area contributed by atoms with E-state index in [-0.39, 0.29) is 4.83 Å². The fourth-order valence-electron chi connectivity index (χ4n) is 1.19. The van der Waals surface area contributed by atoms with Gasteiger partial charge in [0.15, 0.2) is 0 Å². The lowest BCUT2D eigenvalue weighted by atomic mass is 9.92. The summed E-state index contributed by atoms with van der Waals surface area (Å²) in [6.07, 6.45) is -0.717. The van der Waals surface area contributed by atoms with Crippen molar-refractivity contribution in [1.82, 2.24) is 0 Å². The Morgan fingerprint density at radius 2 is 1.67 bits per heavy atom. The fraction of sp³-hybridized carbons (Fsp3) is 1.00. The maximum atomic E-state index is 12.4. The summed E-state index contributed by atoms with van der Waals surface area (Å²) in [5.41, 5.74) is 0. The van der Waals surface area contributed by atoms with Gasteiger partial charge in [0, 0.05) is 10.7 Å². The van der Waals surface area contributed by atoms with Crippen LogP contribution in [0.4, 0.5) is 8.78 Å². The third-order valence-electron chi connectivity index (χ3n) is 2.39. The largest absolute Gasteiger partial charge is 0.242 e. The molecule has 0 radical (unpaired) electrons. The van der Waals surface area contributed by atoms with Crippen LogP contribution < -0.4 is 0 Å². The number of rotatable bonds is 5. The second-order valence-electron chi connectivity index (χ2n) is 3.24. The Morgan fingerprint density at radius 1 is 1.17 bits per heavy atom. The highest BCUT2D eigenvalue weighted by molar-refractivity contribution is 9.09. The van der Waals surface area contributed by atoms with Gasteiger partial charge in [0.1, 0.15) is 0 Å². The molecular formula is C9H17BrF2. The molecule has 0 aromatic carbocycles. The lowest BCUT2D eigenvalue weighted by Crippen LogP contribution is -2.26. The Morgan fingerprint density at radius 3 is 1.92 bits per heavy atom. The predicted molar refractivity (Wildman–Crippen MR) is 52.0 cm³/mol. The molecule has 74 valence electrons. The zero-order valence-electron chi connectivity index (χ0n) is 7.86. The monoisotopic (exact) mass is 242 g/mol. The zero-order valence-corrected chi connectivity index (χ0v) is 9.44. The number of hydrogen-bond acceptors (Lipinski definition) is 0. The minimum Gasteiger partial charge on any atom is -0.210 e. The molecule has 0 bridgehead atoms. The van der Waals surface area contributed by atoms with Gasteiger partial charge in [-0.15, -0.1) is 0 Å². The van der Waals surface area contributed by atoms with Crippen LogP contribution in [0.1, 0.15) is 33.6 Å². The van der Waals surface area contributed by atoms with E-state index in [1.54, 1.807) is 0 Å².